The molecule has 0 spiro atoms. The van der Waals surface area contributed by atoms with Gasteiger partial charge in [0.05, 0.1) is 22.3 Å². The summed E-state index contributed by atoms with van der Waals surface area (Å²) in [4.78, 5) is 38.4. The van der Waals surface area contributed by atoms with Gasteiger partial charge in [0, 0.05) is 10.0 Å². The van der Waals surface area contributed by atoms with Gasteiger partial charge in [0.1, 0.15) is 11.3 Å². The van der Waals surface area contributed by atoms with Crippen LogP contribution in [0.2, 0.25) is 10.0 Å². The van der Waals surface area contributed by atoms with Crippen molar-refractivity contribution in [3.8, 4) is 5.75 Å². The standard InChI is InChI=1S/C19H13BrCl2N2O4/c1-2-28-16-6-3-11(20)7-10(16)8-13-17(25)23-19(27)24(18(13)26)12-4-5-14(21)15(22)9-12/h3-9H,2H2,1H3,(H,23,25,27)/b13-8+. The van der Waals surface area contributed by atoms with Crippen molar-refractivity contribution in [3.05, 3.63) is 62.1 Å². The predicted octanol–water partition coefficient (Wildman–Crippen LogP) is 4.82. The van der Waals surface area contributed by atoms with Gasteiger partial charge in [-0.1, -0.05) is 39.1 Å². The first kappa shape index (κ1) is 20.4. The summed E-state index contributed by atoms with van der Waals surface area (Å²) < 4.78 is 6.28. The summed E-state index contributed by atoms with van der Waals surface area (Å²) in [7, 11) is 0. The Kier molecular flexibility index (Phi) is 6.07. The molecule has 0 unspecified atom stereocenters. The summed E-state index contributed by atoms with van der Waals surface area (Å²) in [5, 5.41) is 2.61. The van der Waals surface area contributed by atoms with Gasteiger partial charge < -0.3 is 4.74 Å². The molecular weight excluding hydrogens is 471 g/mol. The van der Waals surface area contributed by atoms with Crippen molar-refractivity contribution in [2.24, 2.45) is 0 Å². The van der Waals surface area contributed by atoms with E-state index in [1.807, 2.05) is 6.92 Å². The normalized spacial score (nSPS) is 15.8. The number of urea groups is 1. The van der Waals surface area contributed by atoms with Crippen molar-refractivity contribution in [1.82, 2.24) is 5.32 Å². The van der Waals surface area contributed by atoms with Crippen molar-refractivity contribution in [1.29, 1.82) is 0 Å². The van der Waals surface area contributed by atoms with E-state index in [2.05, 4.69) is 21.2 Å². The molecule has 1 aliphatic rings. The van der Waals surface area contributed by atoms with Crippen LogP contribution >= 0.6 is 39.1 Å². The average molecular weight is 484 g/mol. The Labute approximate surface area is 179 Å². The fourth-order valence-corrected chi connectivity index (χ4v) is 3.26. The van der Waals surface area contributed by atoms with E-state index in [0.717, 1.165) is 9.37 Å². The maximum absolute atomic E-state index is 12.9. The van der Waals surface area contributed by atoms with Crippen LogP contribution < -0.4 is 15.0 Å². The fraction of sp³-hybridized carbons (Fsp3) is 0.105. The molecule has 0 aromatic heterocycles. The van der Waals surface area contributed by atoms with Crippen molar-refractivity contribution < 1.29 is 19.1 Å². The number of carbonyl (C=O) groups is 3. The molecule has 6 nitrogen and oxygen atoms in total. The van der Waals surface area contributed by atoms with E-state index in [9.17, 15) is 14.4 Å². The highest BCUT2D eigenvalue weighted by atomic mass is 79.9. The summed E-state index contributed by atoms with van der Waals surface area (Å²) in [6, 6.07) is 8.63. The SMILES string of the molecule is CCOc1ccc(Br)cc1/C=C1\C(=O)NC(=O)N(c2ccc(Cl)c(Cl)c2)C1=O. The molecule has 0 aliphatic carbocycles. The van der Waals surface area contributed by atoms with E-state index in [4.69, 9.17) is 27.9 Å². The summed E-state index contributed by atoms with van der Waals surface area (Å²) in [6.07, 6.45) is 1.38. The number of hydrogen-bond donors (Lipinski definition) is 1. The van der Waals surface area contributed by atoms with Gasteiger partial charge in [-0.15, -0.1) is 0 Å². The van der Waals surface area contributed by atoms with E-state index in [-0.39, 0.29) is 21.3 Å². The zero-order valence-electron chi connectivity index (χ0n) is 14.5. The van der Waals surface area contributed by atoms with Crippen LogP contribution in [-0.4, -0.2) is 24.5 Å². The van der Waals surface area contributed by atoms with Gasteiger partial charge in [-0.3, -0.25) is 14.9 Å². The van der Waals surface area contributed by atoms with Crippen LogP contribution in [0.25, 0.3) is 6.08 Å². The Hall–Kier alpha value is -2.35. The smallest absolute Gasteiger partial charge is 0.335 e. The number of nitrogens with zero attached hydrogens (tertiary/aromatic N) is 1. The molecule has 144 valence electrons. The highest BCUT2D eigenvalue weighted by molar-refractivity contribution is 9.10. The lowest BCUT2D eigenvalue weighted by Crippen LogP contribution is -2.54. The van der Waals surface area contributed by atoms with Crippen LogP contribution in [0.4, 0.5) is 10.5 Å². The minimum atomic E-state index is -0.871. The van der Waals surface area contributed by atoms with Crippen LogP contribution in [-0.2, 0) is 9.59 Å². The predicted molar refractivity (Wildman–Crippen MR) is 111 cm³/mol. The number of benzene rings is 2. The van der Waals surface area contributed by atoms with Crippen LogP contribution in [0.1, 0.15) is 12.5 Å². The number of amides is 4. The molecule has 2 aromatic carbocycles. The second kappa shape index (κ2) is 8.34. The summed E-state index contributed by atoms with van der Waals surface area (Å²) >= 11 is 15.2. The van der Waals surface area contributed by atoms with E-state index in [1.165, 1.54) is 24.3 Å². The van der Waals surface area contributed by atoms with Gasteiger partial charge in [-0.05, 0) is 49.4 Å². The monoisotopic (exact) mass is 482 g/mol. The number of anilines is 1. The van der Waals surface area contributed by atoms with E-state index < -0.39 is 17.8 Å². The lowest BCUT2D eigenvalue weighted by Gasteiger charge is -2.26. The molecule has 1 aliphatic heterocycles. The summed E-state index contributed by atoms with van der Waals surface area (Å²) in [5.41, 5.74) is 0.484. The lowest BCUT2D eigenvalue weighted by molar-refractivity contribution is -0.122. The minimum absolute atomic E-state index is 0.174. The molecule has 9 heteroatoms. The number of carbonyl (C=O) groups excluding carboxylic acids is 3. The molecule has 0 bridgehead atoms. The number of nitrogens with one attached hydrogen (secondary N) is 1. The Bertz CT molecular complexity index is 1020. The van der Waals surface area contributed by atoms with Crippen molar-refractivity contribution >= 4 is 68.7 Å². The van der Waals surface area contributed by atoms with Crippen LogP contribution in [0.15, 0.2) is 46.4 Å². The van der Waals surface area contributed by atoms with Crippen LogP contribution in [0.5, 0.6) is 5.75 Å². The molecule has 1 saturated heterocycles. The summed E-state index contributed by atoms with van der Waals surface area (Å²) in [6.45, 7) is 2.23. The first-order chi connectivity index (χ1) is 13.3. The Balaban J connectivity index is 2.06. The molecule has 0 saturated carbocycles. The van der Waals surface area contributed by atoms with Crippen LogP contribution in [0.3, 0.4) is 0 Å². The minimum Gasteiger partial charge on any atom is -0.493 e. The van der Waals surface area contributed by atoms with Crippen LogP contribution in [0, 0.1) is 0 Å². The molecule has 1 heterocycles. The first-order valence-corrected chi connectivity index (χ1v) is 9.65. The molecule has 0 atom stereocenters. The van der Waals surface area contributed by atoms with Gasteiger partial charge in [0.25, 0.3) is 11.8 Å². The highest BCUT2D eigenvalue weighted by Gasteiger charge is 2.37. The van der Waals surface area contributed by atoms with E-state index >= 15 is 0 Å². The quantitative estimate of drug-likeness (QED) is 0.499. The molecule has 0 radical (unpaired) electrons. The molecule has 1 fully saturated rings. The topological polar surface area (TPSA) is 75.7 Å². The third kappa shape index (κ3) is 4.06. The molecule has 2 aromatic rings. The highest BCUT2D eigenvalue weighted by Crippen LogP contribution is 2.31. The largest absolute Gasteiger partial charge is 0.493 e. The molecule has 4 amide bonds. The molecule has 3 rings (SSSR count). The second-order valence-corrected chi connectivity index (χ2v) is 7.40. The van der Waals surface area contributed by atoms with E-state index in [0.29, 0.717) is 17.9 Å². The Morgan fingerprint density at radius 1 is 1.11 bits per heavy atom. The van der Waals surface area contributed by atoms with Gasteiger partial charge >= 0.3 is 6.03 Å². The lowest BCUT2D eigenvalue weighted by atomic mass is 10.1. The number of ether oxygens (including phenoxy) is 1. The van der Waals surface area contributed by atoms with E-state index in [1.54, 1.807) is 18.2 Å². The zero-order valence-corrected chi connectivity index (χ0v) is 17.6. The van der Waals surface area contributed by atoms with Crippen molar-refractivity contribution in [2.45, 2.75) is 6.92 Å². The van der Waals surface area contributed by atoms with Crippen molar-refractivity contribution in [3.63, 3.8) is 0 Å². The molecule has 1 N–H and O–H groups in total. The number of rotatable bonds is 4. The Morgan fingerprint density at radius 3 is 2.54 bits per heavy atom. The number of imide groups is 2. The third-order valence-electron chi connectivity index (χ3n) is 3.83. The average Bonchev–Trinajstić information content (AvgIpc) is 2.63. The maximum Gasteiger partial charge on any atom is 0.335 e. The molecular formula is C19H13BrCl2N2O4. The summed E-state index contributed by atoms with van der Waals surface area (Å²) in [5.74, 6) is -1.08. The maximum atomic E-state index is 12.9. The zero-order chi connectivity index (χ0) is 20.4. The van der Waals surface area contributed by atoms with Gasteiger partial charge in [0.2, 0.25) is 0 Å². The van der Waals surface area contributed by atoms with Gasteiger partial charge in [-0.2, -0.15) is 0 Å². The fourth-order valence-electron chi connectivity index (χ4n) is 2.59. The second-order valence-electron chi connectivity index (χ2n) is 5.67. The van der Waals surface area contributed by atoms with Gasteiger partial charge in [-0.25, -0.2) is 9.69 Å². The van der Waals surface area contributed by atoms with Gasteiger partial charge in [0.15, 0.2) is 0 Å². The number of halogens is 3. The van der Waals surface area contributed by atoms with Crippen molar-refractivity contribution in [2.75, 3.05) is 11.5 Å². The number of hydrogen-bond acceptors (Lipinski definition) is 4. The Morgan fingerprint density at radius 2 is 1.86 bits per heavy atom. The molecule has 28 heavy (non-hydrogen) atoms. The number of barbiturate groups is 1. The third-order valence-corrected chi connectivity index (χ3v) is 5.07. The first-order valence-electron chi connectivity index (χ1n) is 8.10.